The van der Waals surface area contributed by atoms with Crippen LogP contribution in [0, 0.1) is 11.8 Å². The first-order chi connectivity index (χ1) is 6.59. The van der Waals surface area contributed by atoms with E-state index in [0.717, 1.165) is 12.5 Å². The van der Waals surface area contributed by atoms with E-state index in [9.17, 15) is 4.79 Å². The van der Waals surface area contributed by atoms with Gasteiger partial charge < -0.3 is 10.6 Å². The standard InChI is InChI=1S/C11H20N2O/c1-7(8(2)12)11(14)13-6-9-3-4-10(13)5-9/h7-10H,3-6,12H2,1-2H3. The molecule has 2 aliphatic rings. The van der Waals surface area contributed by atoms with Crippen molar-refractivity contribution in [3.05, 3.63) is 0 Å². The molecule has 3 nitrogen and oxygen atoms in total. The van der Waals surface area contributed by atoms with E-state index < -0.39 is 0 Å². The minimum absolute atomic E-state index is 0.0191. The number of hydrogen-bond acceptors (Lipinski definition) is 2. The molecule has 80 valence electrons. The number of piperidine rings is 1. The van der Waals surface area contributed by atoms with E-state index in [1.807, 2.05) is 13.8 Å². The third-order valence-electron chi connectivity index (χ3n) is 3.87. The van der Waals surface area contributed by atoms with Gasteiger partial charge in [-0.3, -0.25) is 4.79 Å². The van der Waals surface area contributed by atoms with Gasteiger partial charge >= 0.3 is 0 Å². The van der Waals surface area contributed by atoms with E-state index in [4.69, 9.17) is 5.73 Å². The molecular formula is C11H20N2O. The highest BCUT2D eigenvalue weighted by Crippen LogP contribution is 2.38. The molecule has 1 aliphatic carbocycles. The Bertz CT molecular complexity index is 239. The van der Waals surface area contributed by atoms with Crippen molar-refractivity contribution in [2.24, 2.45) is 17.6 Å². The van der Waals surface area contributed by atoms with Gasteiger partial charge in [0.15, 0.2) is 0 Å². The lowest BCUT2D eigenvalue weighted by molar-refractivity contribution is -0.137. The van der Waals surface area contributed by atoms with Crippen molar-refractivity contribution in [3.8, 4) is 0 Å². The maximum atomic E-state index is 12.0. The second-order valence-corrected chi connectivity index (χ2v) is 4.97. The molecule has 4 atom stereocenters. The Labute approximate surface area is 85.6 Å². The first kappa shape index (κ1) is 9.97. The highest BCUT2D eigenvalue weighted by Gasteiger charge is 2.41. The molecule has 2 N–H and O–H groups in total. The monoisotopic (exact) mass is 196 g/mol. The van der Waals surface area contributed by atoms with E-state index in [-0.39, 0.29) is 17.9 Å². The second-order valence-electron chi connectivity index (χ2n) is 4.97. The van der Waals surface area contributed by atoms with Crippen LogP contribution in [-0.2, 0) is 4.79 Å². The minimum atomic E-state index is -0.0263. The van der Waals surface area contributed by atoms with Crippen molar-refractivity contribution in [3.63, 3.8) is 0 Å². The number of likely N-dealkylation sites (tertiary alicyclic amines) is 1. The first-order valence-electron chi connectivity index (χ1n) is 5.65. The number of nitrogens with zero attached hydrogens (tertiary/aromatic N) is 1. The van der Waals surface area contributed by atoms with Gasteiger partial charge in [0.25, 0.3) is 0 Å². The van der Waals surface area contributed by atoms with Gasteiger partial charge in [-0.05, 0) is 32.1 Å². The second kappa shape index (κ2) is 3.54. The van der Waals surface area contributed by atoms with Crippen LogP contribution in [0.2, 0.25) is 0 Å². The molecule has 0 spiro atoms. The van der Waals surface area contributed by atoms with Crippen LogP contribution < -0.4 is 5.73 Å². The molecule has 4 unspecified atom stereocenters. The van der Waals surface area contributed by atoms with Gasteiger partial charge in [0.1, 0.15) is 0 Å². The fraction of sp³-hybridized carbons (Fsp3) is 0.909. The summed E-state index contributed by atoms with van der Waals surface area (Å²) in [4.78, 5) is 14.1. The highest BCUT2D eigenvalue weighted by atomic mass is 16.2. The lowest BCUT2D eigenvalue weighted by Gasteiger charge is -2.30. The largest absolute Gasteiger partial charge is 0.339 e. The molecule has 2 bridgehead atoms. The first-order valence-corrected chi connectivity index (χ1v) is 5.65. The molecule has 1 heterocycles. The van der Waals surface area contributed by atoms with Crippen LogP contribution in [0.5, 0.6) is 0 Å². The van der Waals surface area contributed by atoms with Crippen LogP contribution in [0.1, 0.15) is 33.1 Å². The molecule has 0 aromatic rings. The number of carbonyl (C=O) groups is 1. The summed E-state index contributed by atoms with van der Waals surface area (Å²) >= 11 is 0. The van der Waals surface area contributed by atoms with Gasteiger partial charge in [0, 0.05) is 18.6 Å². The Hall–Kier alpha value is -0.570. The van der Waals surface area contributed by atoms with Crippen LogP contribution in [-0.4, -0.2) is 29.4 Å². The zero-order chi connectivity index (χ0) is 10.3. The third-order valence-corrected chi connectivity index (χ3v) is 3.87. The molecule has 14 heavy (non-hydrogen) atoms. The lowest BCUT2D eigenvalue weighted by Crippen LogP contribution is -2.45. The smallest absolute Gasteiger partial charge is 0.227 e. The van der Waals surface area contributed by atoms with Gasteiger partial charge in [-0.2, -0.15) is 0 Å². The zero-order valence-corrected chi connectivity index (χ0v) is 9.07. The molecule has 0 aromatic heterocycles. The Morgan fingerprint density at radius 2 is 2.14 bits per heavy atom. The zero-order valence-electron chi connectivity index (χ0n) is 9.07. The summed E-state index contributed by atoms with van der Waals surface area (Å²) in [5.74, 6) is 1.03. The summed E-state index contributed by atoms with van der Waals surface area (Å²) in [5, 5.41) is 0. The number of amides is 1. The fourth-order valence-electron chi connectivity index (χ4n) is 2.68. The average Bonchev–Trinajstić information content (AvgIpc) is 2.76. The van der Waals surface area contributed by atoms with Crippen LogP contribution in [0.15, 0.2) is 0 Å². The van der Waals surface area contributed by atoms with E-state index in [1.54, 1.807) is 0 Å². The Morgan fingerprint density at radius 1 is 1.43 bits per heavy atom. The lowest BCUT2D eigenvalue weighted by atomic mass is 10.0. The van der Waals surface area contributed by atoms with Crippen molar-refractivity contribution in [1.82, 2.24) is 4.90 Å². The summed E-state index contributed by atoms with van der Waals surface area (Å²) < 4.78 is 0. The summed E-state index contributed by atoms with van der Waals surface area (Å²) in [6, 6.07) is 0.510. The topological polar surface area (TPSA) is 46.3 Å². The minimum Gasteiger partial charge on any atom is -0.339 e. The fourth-order valence-corrected chi connectivity index (χ4v) is 2.68. The van der Waals surface area contributed by atoms with Crippen molar-refractivity contribution in [2.45, 2.75) is 45.2 Å². The molecule has 0 radical (unpaired) electrons. The molecule has 0 aromatic carbocycles. The summed E-state index contributed by atoms with van der Waals surface area (Å²) in [6.07, 6.45) is 3.76. The van der Waals surface area contributed by atoms with Gasteiger partial charge in [0.05, 0.1) is 5.92 Å². The van der Waals surface area contributed by atoms with Crippen LogP contribution in [0.3, 0.4) is 0 Å². The molecule has 2 fully saturated rings. The van der Waals surface area contributed by atoms with Gasteiger partial charge in [-0.15, -0.1) is 0 Å². The summed E-state index contributed by atoms with van der Waals surface area (Å²) in [5.41, 5.74) is 5.76. The molecular weight excluding hydrogens is 176 g/mol. The van der Waals surface area contributed by atoms with Gasteiger partial charge in [0.2, 0.25) is 5.91 Å². The molecule has 2 rings (SSSR count). The maximum Gasteiger partial charge on any atom is 0.227 e. The number of nitrogens with two attached hydrogens (primary N) is 1. The van der Waals surface area contributed by atoms with E-state index in [1.165, 1.54) is 19.3 Å². The van der Waals surface area contributed by atoms with Crippen molar-refractivity contribution < 1.29 is 4.79 Å². The molecule has 3 heteroatoms. The maximum absolute atomic E-state index is 12.0. The van der Waals surface area contributed by atoms with Crippen molar-refractivity contribution in [1.29, 1.82) is 0 Å². The van der Waals surface area contributed by atoms with E-state index >= 15 is 0 Å². The molecule has 1 aliphatic heterocycles. The Balaban J connectivity index is 1.99. The van der Waals surface area contributed by atoms with Crippen LogP contribution in [0.25, 0.3) is 0 Å². The number of rotatable bonds is 2. The number of carbonyl (C=O) groups excluding carboxylic acids is 1. The normalized spacial score (nSPS) is 34.6. The van der Waals surface area contributed by atoms with Crippen LogP contribution >= 0.6 is 0 Å². The van der Waals surface area contributed by atoms with Gasteiger partial charge in [-0.25, -0.2) is 0 Å². The molecule has 1 saturated heterocycles. The number of hydrogen-bond donors (Lipinski definition) is 1. The summed E-state index contributed by atoms with van der Waals surface area (Å²) in [7, 11) is 0. The van der Waals surface area contributed by atoms with Crippen molar-refractivity contribution >= 4 is 5.91 Å². The van der Waals surface area contributed by atoms with E-state index in [0.29, 0.717) is 6.04 Å². The number of fused-ring (bicyclic) bond motifs is 2. The van der Waals surface area contributed by atoms with Crippen molar-refractivity contribution in [2.75, 3.05) is 6.54 Å². The van der Waals surface area contributed by atoms with Crippen LogP contribution in [0.4, 0.5) is 0 Å². The molecule has 1 amide bonds. The Morgan fingerprint density at radius 3 is 2.57 bits per heavy atom. The highest BCUT2D eigenvalue weighted by molar-refractivity contribution is 5.80. The predicted molar refractivity (Wildman–Crippen MR) is 55.7 cm³/mol. The summed E-state index contributed by atoms with van der Waals surface area (Å²) in [6.45, 7) is 4.84. The van der Waals surface area contributed by atoms with E-state index in [2.05, 4.69) is 4.90 Å². The predicted octanol–water partition coefficient (Wildman–Crippen LogP) is 0.981. The quantitative estimate of drug-likeness (QED) is 0.715. The molecule has 1 saturated carbocycles. The van der Waals surface area contributed by atoms with Gasteiger partial charge in [-0.1, -0.05) is 6.92 Å². The Kier molecular flexibility index (Phi) is 2.52. The third kappa shape index (κ3) is 1.54. The SMILES string of the molecule is CC(N)C(C)C(=O)N1CC2CCC1C2. The average molecular weight is 196 g/mol.